The third kappa shape index (κ3) is 1.92. The molecule has 0 spiro atoms. The van der Waals surface area contributed by atoms with Crippen LogP contribution < -0.4 is 11.1 Å². The molecule has 6 nitrogen and oxygen atoms in total. The molecule has 2 aromatic heterocycles. The number of aliphatic hydroxyl groups excluding tert-OH is 1. The number of aliphatic hydroxyl groups is 1. The fourth-order valence-corrected chi connectivity index (χ4v) is 1.40. The zero-order valence-electron chi connectivity index (χ0n) is 9.31. The van der Waals surface area contributed by atoms with E-state index in [1.807, 2.05) is 13.8 Å². The first kappa shape index (κ1) is 10.7. The Hall–Kier alpha value is -1.82. The monoisotopic (exact) mass is 221 g/mol. The normalized spacial score (nSPS) is 11.9. The van der Waals surface area contributed by atoms with Gasteiger partial charge in [-0.1, -0.05) is 0 Å². The minimum absolute atomic E-state index is 0.00362. The van der Waals surface area contributed by atoms with E-state index in [-0.39, 0.29) is 6.61 Å². The smallest absolute Gasteiger partial charge is 0.180 e. The van der Waals surface area contributed by atoms with Crippen LogP contribution in [-0.2, 0) is 0 Å². The summed E-state index contributed by atoms with van der Waals surface area (Å²) < 4.78 is 1.79. The Labute approximate surface area is 93.1 Å². The maximum absolute atomic E-state index is 9.20. The maximum atomic E-state index is 9.20. The van der Waals surface area contributed by atoms with Gasteiger partial charge in [0.2, 0.25) is 0 Å². The van der Waals surface area contributed by atoms with Gasteiger partial charge in [-0.25, -0.2) is 9.97 Å². The molecular formula is C10H15N5O. The van der Waals surface area contributed by atoms with Crippen LogP contribution in [0.2, 0.25) is 0 Å². The molecule has 0 radical (unpaired) electrons. The third-order valence-corrected chi connectivity index (χ3v) is 2.24. The second-order valence-electron chi connectivity index (χ2n) is 4.34. The van der Waals surface area contributed by atoms with Crippen molar-refractivity contribution in [3.8, 4) is 0 Å². The van der Waals surface area contributed by atoms with Gasteiger partial charge in [-0.2, -0.15) is 0 Å². The average molecular weight is 221 g/mol. The van der Waals surface area contributed by atoms with Crippen LogP contribution in [0.3, 0.4) is 0 Å². The number of fused-ring (bicyclic) bond motifs is 1. The number of nitrogens with two attached hydrogens (primary N) is 1. The fraction of sp³-hybridized carbons (Fsp3) is 0.400. The number of aromatic nitrogens is 3. The Bertz CT molecular complexity index is 505. The molecule has 6 heteroatoms. The summed E-state index contributed by atoms with van der Waals surface area (Å²) in [6.45, 7) is 3.74. The van der Waals surface area contributed by atoms with Gasteiger partial charge >= 0.3 is 0 Å². The van der Waals surface area contributed by atoms with E-state index >= 15 is 0 Å². The number of hydrogen-bond donors (Lipinski definition) is 3. The Morgan fingerprint density at radius 2 is 2.31 bits per heavy atom. The SMILES string of the molecule is CC(C)(CO)Nc1nc(N)cn2ccnc12. The van der Waals surface area contributed by atoms with Gasteiger partial charge < -0.3 is 20.6 Å². The molecule has 0 unspecified atom stereocenters. The number of imidazole rings is 1. The minimum atomic E-state index is -0.465. The summed E-state index contributed by atoms with van der Waals surface area (Å²) in [4.78, 5) is 8.36. The van der Waals surface area contributed by atoms with Gasteiger partial charge in [0.05, 0.1) is 18.3 Å². The lowest BCUT2D eigenvalue weighted by atomic mass is 10.1. The Kier molecular flexibility index (Phi) is 2.43. The van der Waals surface area contributed by atoms with Crippen LogP contribution in [0.15, 0.2) is 18.6 Å². The van der Waals surface area contributed by atoms with E-state index in [4.69, 9.17) is 5.73 Å². The molecule has 86 valence electrons. The van der Waals surface area contributed by atoms with Crippen LogP contribution >= 0.6 is 0 Å². The summed E-state index contributed by atoms with van der Waals surface area (Å²) in [7, 11) is 0. The molecule has 0 saturated heterocycles. The van der Waals surface area contributed by atoms with Crippen LogP contribution in [0.4, 0.5) is 11.6 Å². The van der Waals surface area contributed by atoms with Gasteiger partial charge in [0, 0.05) is 12.4 Å². The van der Waals surface area contributed by atoms with E-state index in [1.54, 1.807) is 23.0 Å². The zero-order valence-corrected chi connectivity index (χ0v) is 9.31. The quantitative estimate of drug-likeness (QED) is 0.702. The van der Waals surface area contributed by atoms with Crippen LogP contribution in [0.5, 0.6) is 0 Å². The van der Waals surface area contributed by atoms with Crippen LogP contribution in [-0.4, -0.2) is 31.6 Å². The van der Waals surface area contributed by atoms with E-state index in [0.717, 1.165) is 0 Å². The van der Waals surface area contributed by atoms with E-state index < -0.39 is 5.54 Å². The molecule has 0 atom stereocenters. The molecule has 0 aromatic carbocycles. The van der Waals surface area contributed by atoms with Gasteiger partial charge in [-0.05, 0) is 13.8 Å². The summed E-state index contributed by atoms with van der Waals surface area (Å²) in [6.07, 6.45) is 5.16. The number of hydrogen-bond acceptors (Lipinski definition) is 5. The topological polar surface area (TPSA) is 88.5 Å². The second-order valence-corrected chi connectivity index (χ2v) is 4.34. The Morgan fingerprint density at radius 3 is 3.00 bits per heavy atom. The molecule has 0 aliphatic carbocycles. The summed E-state index contributed by atoms with van der Waals surface area (Å²) in [6, 6.07) is 0. The molecule has 0 aliphatic rings. The summed E-state index contributed by atoms with van der Waals surface area (Å²) in [5, 5.41) is 12.3. The first-order valence-electron chi connectivity index (χ1n) is 5.00. The van der Waals surface area contributed by atoms with Gasteiger partial charge in [-0.15, -0.1) is 0 Å². The molecule has 16 heavy (non-hydrogen) atoms. The van der Waals surface area contributed by atoms with Gasteiger partial charge in [0.25, 0.3) is 0 Å². The van der Waals surface area contributed by atoms with E-state index in [0.29, 0.717) is 17.3 Å². The molecule has 0 saturated carbocycles. The third-order valence-electron chi connectivity index (χ3n) is 2.24. The van der Waals surface area contributed by atoms with Crippen molar-refractivity contribution in [2.75, 3.05) is 17.7 Å². The predicted octanol–water partition coefficient (Wildman–Crippen LogP) is 0.494. The molecule has 2 rings (SSSR count). The summed E-state index contributed by atoms with van der Waals surface area (Å²) >= 11 is 0. The minimum Gasteiger partial charge on any atom is -0.394 e. The zero-order chi connectivity index (χ0) is 11.8. The Morgan fingerprint density at radius 1 is 1.56 bits per heavy atom. The van der Waals surface area contributed by atoms with Crippen molar-refractivity contribution in [3.63, 3.8) is 0 Å². The lowest BCUT2D eigenvalue weighted by Gasteiger charge is -2.24. The molecule has 2 aromatic rings. The van der Waals surface area contributed by atoms with Crippen molar-refractivity contribution in [1.29, 1.82) is 0 Å². The van der Waals surface area contributed by atoms with Gasteiger partial charge in [-0.3, -0.25) is 0 Å². The molecule has 0 fully saturated rings. The first-order chi connectivity index (χ1) is 7.52. The summed E-state index contributed by atoms with van der Waals surface area (Å²) in [5.41, 5.74) is 5.91. The number of nitrogen functional groups attached to an aromatic ring is 1. The molecule has 4 N–H and O–H groups in total. The fourth-order valence-electron chi connectivity index (χ4n) is 1.40. The van der Waals surface area contributed by atoms with Crippen LogP contribution in [0, 0.1) is 0 Å². The number of nitrogens with zero attached hydrogens (tertiary/aromatic N) is 3. The lowest BCUT2D eigenvalue weighted by molar-refractivity contribution is 0.234. The van der Waals surface area contributed by atoms with Crippen LogP contribution in [0.1, 0.15) is 13.8 Å². The molecule has 0 bridgehead atoms. The van der Waals surface area contributed by atoms with Crippen molar-refractivity contribution in [1.82, 2.24) is 14.4 Å². The predicted molar refractivity (Wildman–Crippen MR) is 62.2 cm³/mol. The second kappa shape index (κ2) is 3.64. The molecule has 0 amide bonds. The number of anilines is 2. The van der Waals surface area contributed by atoms with Crippen molar-refractivity contribution in [2.24, 2.45) is 0 Å². The van der Waals surface area contributed by atoms with Crippen molar-refractivity contribution >= 4 is 17.3 Å². The van der Waals surface area contributed by atoms with Crippen LogP contribution in [0.25, 0.3) is 5.65 Å². The highest BCUT2D eigenvalue weighted by atomic mass is 16.3. The van der Waals surface area contributed by atoms with E-state index in [1.165, 1.54) is 0 Å². The Balaban J connectivity index is 2.47. The van der Waals surface area contributed by atoms with Crippen molar-refractivity contribution in [3.05, 3.63) is 18.6 Å². The average Bonchev–Trinajstić information content (AvgIpc) is 2.65. The van der Waals surface area contributed by atoms with Crippen molar-refractivity contribution < 1.29 is 5.11 Å². The molecular weight excluding hydrogens is 206 g/mol. The first-order valence-corrected chi connectivity index (χ1v) is 5.00. The number of rotatable bonds is 3. The van der Waals surface area contributed by atoms with E-state index in [2.05, 4.69) is 15.3 Å². The maximum Gasteiger partial charge on any atom is 0.180 e. The summed E-state index contributed by atoms with van der Waals surface area (Å²) in [5.74, 6) is 0.978. The number of nitrogens with one attached hydrogen (secondary N) is 1. The van der Waals surface area contributed by atoms with E-state index in [9.17, 15) is 5.11 Å². The van der Waals surface area contributed by atoms with Gasteiger partial charge in [0.15, 0.2) is 11.5 Å². The van der Waals surface area contributed by atoms with Gasteiger partial charge in [0.1, 0.15) is 5.82 Å². The highest BCUT2D eigenvalue weighted by Crippen LogP contribution is 2.18. The highest BCUT2D eigenvalue weighted by Gasteiger charge is 2.18. The molecule has 0 aliphatic heterocycles. The largest absolute Gasteiger partial charge is 0.394 e. The van der Waals surface area contributed by atoms with Crippen molar-refractivity contribution in [2.45, 2.75) is 19.4 Å². The lowest BCUT2D eigenvalue weighted by Crippen LogP contribution is -2.35. The highest BCUT2D eigenvalue weighted by molar-refractivity contribution is 5.65. The standard InChI is InChI=1S/C10H15N5O/c1-10(2,6-16)14-8-9-12-3-4-15(9)5-7(11)13-8/h3-5,16H,6,11H2,1-2H3,(H,13,14). The molecule has 2 heterocycles.